The summed E-state index contributed by atoms with van der Waals surface area (Å²) in [5, 5.41) is 7.37. The fraction of sp³-hybridized carbons (Fsp3) is 0. The second-order valence-electron chi connectivity index (χ2n) is 14.1. The molecular weight excluding hydrogens is 663 g/mol. The van der Waals surface area contributed by atoms with Gasteiger partial charge in [-0.05, 0) is 96.4 Å². The zero-order valence-corrected chi connectivity index (χ0v) is 30.3. The first-order valence-corrected chi connectivity index (χ1v) is 18.9. The molecule has 0 radical (unpaired) electrons. The van der Waals surface area contributed by atoms with Crippen LogP contribution < -0.4 is 4.90 Å². The summed E-state index contributed by atoms with van der Waals surface area (Å²) in [6.45, 7) is 0. The van der Waals surface area contributed by atoms with Crippen molar-refractivity contribution in [2.45, 2.75) is 0 Å². The molecule has 0 heterocycles. The van der Waals surface area contributed by atoms with E-state index in [1.807, 2.05) is 0 Å². The molecule has 1 heteroatoms. The lowest BCUT2D eigenvalue weighted by Gasteiger charge is -2.29. The average Bonchev–Trinajstić information content (AvgIpc) is 3.27. The van der Waals surface area contributed by atoms with Crippen LogP contribution in [0.25, 0.3) is 76.8 Å². The Kier molecular flexibility index (Phi) is 8.24. The van der Waals surface area contributed by atoms with Crippen LogP contribution in [0.15, 0.2) is 224 Å². The highest BCUT2D eigenvalue weighted by Gasteiger charge is 2.20. The smallest absolute Gasteiger partial charge is 0.0540 e. The van der Waals surface area contributed by atoms with Crippen molar-refractivity contribution in [3.8, 4) is 44.5 Å². The molecule has 0 saturated carbocycles. The Labute approximate surface area is 322 Å². The van der Waals surface area contributed by atoms with Crippen LogP contribution in [0.5, 0.6) is 0 Å². The van der Waals surface area contributed by atoms with Crippen LogP contribution in [0.4, 0.5) is 17.1 Å². The van der Waals surface area contributed by atoms with Crippen molar-refractivity contribution in [1.29, 1.82) is 0 Å². The molecule has 0 amide bonds. The molecule has 0 atom stereocenters. The Bertz CT molecular complexity index is 2950. The summed E-state index contributed by atoms with van der Waals surface area (Å²) >= 11 is 0. The first-order chi connectivity index (χ1) is 27.3. The van der Waals surface area contributed by atoms with E-state index < -0.39 is 0 Å². The van der Waals surface area contributed by atoms with Crippen LogP contribution in [-0.4, -0.2) is 0 Å². The van der Waals surface area contributed by atoms with Crippen LogP contribution in [0.2, 0.25) is 0 Å². The summed E-state index contributed by atoms with van der Waals surface area (Å²) in [4.78, 5) is 2.43. The van der Waals surface area contributed by atoms with E-state index in [4.69, 9.17) is 0 Å². The average molecular weight is 700 g/mol. The Morgan fingerprint density at radius 2 is 0.745 bits per heavy atom. The third-order valence-electron chi connectivity index (χ3n) is 10.9. The molecule has 1 nitrogen and oxygen atoms in total. The van der Waals surface area contributed by atoms with E-state index in [-0.39, 0.29) is 0 Å². The van der Waals surface area contributed by atoms with Gasteiger partial charge in [0, 0.05) is 16.5 Å². The number of hydrogen-bond donors (Lipinski definition) is 0. The number of hydrogen-bond acceptors (Lipinski definition) is 1. The molecule has 0 aliphatic carbocycles. The van der Waals surface area contributed by atoms with Crippen molar-refractivity contribution in [3.63, 3.8) is 0 Å². The Balaban J connectivity index is 1.12. The fourth-order valence-electron chi connectivity index (χ4n) is 8.24. The maximum absolute atomic E-state index is 2.43. The van der Waals surface area contributed by atoms with Gasteiger partial charge in [0.25, 0.3) is 0 Å². The predicted molar refractivity (Wildman–Crippen MR) is 235 cm³/mol. The quantitative estimate of drug-likeness (QED) is 0.160. The van der Waals surface area contributed by atoms with Gasteiger partial charge in [0.15, 0.2) is 0 Å². The van der Waals surface area contributed by atoms with Crippen molar-refractivity contribution < 1.29 is 0 Å². The molecule has 0 saturated heterocycles. The van der Waals surface area contributed by atoms with Gasteiger partial charge in [0.1, 0.15) is 0 Å². The van der Waals surface area contributed by atoms with E-state index in [1.54, 1.807) is 0 Å². The monoisotopic (exact) mass is 699 g/mol. The van der Waals surface area contributed by atoms with Gasteiger partial charge in [-0.25, -0.2) is 0 Å². The highest BCUT2D eigenvalue weighted by atomic mass is 15.1. The minimum atomic E-state index is 1.10. The molecule has 258 valence electrons. The molecule has 10 rings (SSSR count). The largest absolute Gasteiger partial charge is 0.309 e. The standard InChI is InChI=1S/C54H37N/c1-3-15-39(16-4-1)46-35-36-54(51-26-12-11-25-49(46)51)55(53-28-14-22-41-20-8-10-24-47(41)53)44-32-29-38(30-33-44)43-31-34-50(52(37-43)42-17-5-2-6-18-42)48-27-13-21-40-19-7-9-23-45(40)48/h1-37H. The zero-order valence-electron chi connectivity index (χ0n) is 30.3. The van der Waals surface area contributed by atoms with Gasteiger partial charge in [0.05, 0.1) is 11.4 Å². The Morgan fingerprint density at radius 1 is 0.236 bits per heavy atom. The van der Waals surface area contributed by atoms with Crippen LogP contribution in [0.3, 0.4) is 0 Å². The molecule has 55 heavy (non-hydrogen) atoms. The van der Waals surface area contributed by atoms with E-state index in [0.29, 0.717) is 0 Å². The van der Waals surface area contributed by atoms with E-state index in [2.05, 4.69) is 229 Å². The van der Waals surface area contributed by atoms with Crippen molar-refractivity contribution >= 4 is 49.4 Å². The van der Waals surface area contributed by atoms with E-state index in [9.17, 15) is 0 Å². The molecule has 10 aromatic rings. The number of nitrogens with zero attached hydrogens (tertiary/aromatic N) is 1. The third-order valence-corrected chi connectivity index (χ3v) is 10.9. The Hall–Kier alpha value is -7.22. The van der Waals surface area contributed by atoms with Crippen LogP contribution >= 0.6 is 0 Å². The number of fused-ring (bicyclic) bond motifs is 3. The number of benzene rings is 10. The molecule has 0 bridgehead atoms. The lowest BCUT2D eigenvalue weighted by Crippen LogP contribution is -2.11. The third kappa shape index (κ3) is 5.93. The van der Waals surface area contributed by atoms with Crippen molar-refractivity contribution in [2.75, 3.05) is 4.90 Å². The minimum absolute atomic E-state index is 1.10. The molecule has 0 unspecified atom stereocenters. The van der Waals surface area contributed by atoms with E-state index in [0.717, 1.165) is 17.1 Å². The van der Waals surface area contributed by atoms with Crippen molar-refractivity contribution in [2.24, 2.45) is 0 Å². The number of anilines is 3. The van der Waals surface area contributed by atoms with E-state index in [1.165, 1.54) is 76.8 Å². The maximum Gasteiger partial charge on any atom is 0.0540 e. The van der Waals surface area contributed by atoms with Crippen LogP contribution in [0, 0.1) is 0 Å². The van der Waals surface area contributed by atoms with Crippen molar-refractivity contribution in [1.82, 2.24) is 0 Å². The maximum atomic E-state index is 2.43. The van der Waals surface area contributed by atoms with Gasteiger partial charge in [0.2, 0.25) is 0 Å². The van der Waals surface area contributed by atoms with Crippen LogP contribution in [-0.2, 0) is 0 Å². The Morgan fingerprint density at radius 3 is 1.47 bits per heavy atom. The lowest BCUT2D eigenvalue weighted by atomic mass is 9.89. The predicted octanol–water partition coefficient (Wildman–Crippen LogP) is 15.3. The normalized spacial score (nSPS) is 11.3. The second-order valence-corrected chi connectivity index (χ2v) is 14.1. The summed E-state index contributed by atoms with van der Waals surface area (Å²) in [5.41, 5.74) is 13.1. The lowest BCUT2D eigenvalue weighted by molar-refractivity contribution is 1.31. The molecule has 0 fully saturated rings. The highest BCUT2D eigenvalue weighted by Crippen LogP contribution is 2.45. The van der Waals surface area contributed by atoms with Gasteiger partial charge in [-0.2, -0.15) is 0 Å². The first-order valence-electron chi connectivity index (χ1n) is 18.9. The minimum Gasteiger partial charge on any atom is -0.309 e. The second kappa shape index (κ2) is 14.0. The van der Waals surface area contributed by atoms with Gasteiger partial charge < -0.3 is 4.90 Å². The summed E-state index contributed by atoms with van der Waals surface area (Å²) in [5.74, 6) is 0. The van der Waals surface area contributed by atoms with Crippen LogP contribution in [0.1, 0.15) is 0 Å². The molecule has 0 aliphatic rings. The molecule has 0 N–H and O–H groups in total. The first kappa shape index (κ1) is 32.4. The molecule has 10 aromatic carbocycles. The summed E-state index contributed by atoms with van der Waals surface area (Å²) in [6, 6.07) is 81.4. The molecule has 0 spiro atoms. The summed E-state index contributed by atoms with van der Waals surface area (Å²) in [6.07, 6.45) is 0. The summed E-state index contributed by atoms with van der Waals surface area (Å²) in [7, 11) is 0. The van der Waals surface area contributed by atoms with Gasteiger partial charge >= 0.3 is 0 Å². The molecule has 0 aliphatic heterocycles. The van der Waals surface area contributed by atoms with Gasteiger partial charge in [-0.15, -0.1) is 0 Å². The van der Waals surface area contributed by atoms with Gasteiger partial charge in [-0.3, -0.25) is 0 Å². The molecular formula is C54H37N. The van der Waals surface area contributed by atoms with Crippen molar-refractivity contribution in [3.05, 3.63) is 224 Å². The zero-order chi connectivity index (χ0) is 36.6. The highest BCUT2D eigenvalue weighted by molar-refractivity contribution is 6.09. The topological polar surface area (TPSA) is 3.24 Å². The fourth-order valence-corrected chi connectivity index (χ4v) is 8.24. The number of rotatable bonds is 7. The molecule has 0 aromatic heterocycles. The summed E-state index contributed by atoms with van der Waals surface area (Å²) < 4.78 is 0. The SMILES string of the molecule is c1ccc(-c2cc(-c3ccc(N(c4cccc5ccccc45)c4ccc(-c5ccccc5)c5ccccc45)cc3)ccc2-c2cccc3ccccc23)cc1. The van der Waals surface area contributed by atoms with E-state index >= 15 is 0 Å². The van der Waals surface area contributed by atoms with Gasteiger partial charge in [-0.1, -0.05) is 194 Å².